The van der Waals surface area contributed by atoms with Gasteiger partial charge in [0.1, 0.15) is 18.6 Å². The maximum absolute atomic E-state index is 14.4. The van der Waals surface area contributed by atoms with Crippen molar-refractivity contribution in [3.05, 3.63) is 24.0 Å². The summed E-state index contributed by atoms with van der Waals surface area (Å²) in [5, 5.41) is 0. The summed E-state index contributed by atoms with van der Waals surface area (Å²) in [6, 6.07) is 0. The predicted molar refractivity (Wildman–Crippen MR) is 103 cm³/mol. The van der Waals surface area contributed by atoms with Crippen molar-refractivity contribution in [3.63, 3.8) is 0 Å². The summed E-state index contributed by atoms with van der Waals surface area (Å²) in [6.45, 7) is 2.26. The quantitative estimate of drug-likeness (QED) is 0.253. The molecule has 0 saturated heterocycles. The summed E-state index contributed by atoms with van der Waals surface area (Å²) in [5.74, 6) is 2.31. The molecule has 0 aromatic carbocycles. The zero-order chi connectivity index (χ0) is 20.1. The second-order valence-corrected chi connectivity index (χ2v) is 9.09. The normalized spacial score (nSPS) is 39.2. The molecule has 0 amide bonds. The molecule has 0 spiro atoms. The van der Waals surface area contributed by atoms with Crippen LogP contribution in [0.2, 0.25) is 0 Å². The molecule has 3 aliphatic carbocycles. The number of alkyl halides is 2. The molecule has 0 aromatic rings. The fraction of sp³-hybridized carbons (Fsp3) is 0.826. The van der Waals surface area contributed by atoms with E-state index in [0.29, 0.717) is 5.92 Å². The molecule has 0 radical (unpaired) electrons. The Morgan fingerprint density at radius 2 is 1.71 bits per heavy atom. The lowest BCUT2D eigenvalue weighted by molar-refractivity contribution is -0.0420. The fourth-order valence-electron chi connectivity index (χ4n) is 5.77. The van der Waals surface area contributed by atoms with Crippen molar-refractivity contribution in [2.45, 2.75) is 96.0 Å². The molecule has 3 unspecified atom stereocenters. The monoisotopic (exact) mass is 402 g/mol. The molecule has 0 N–H and O–H groups in total. The first-order chi connectivity index (χ1) is 13.5. The van der Waals surface area contributed by atoms with E-state index in [1.807, 2.05) is 0 Å². The Kier molecular flexibility index (Phi) is 7.87. The first-order valence-corrected chi connectivity index (χ1v) is 11.1. The van der Waals surface area contributed by atoms with Crippen molar-refractivity contribution in [2.75, 3.05) is 0 Å². The molecule has 3 atom stereocenters. The van der Waals surface area contributed by atoms with Gasteiger partial charge in [0.2, 0.25) is 0 Å². The minimum Gasteiger partial charge on any atom is -0.486 e. The highest BCUT2D eigenvalue weighted by Crippen LogP contribution is 2.44. The standard InChI is InChI=1S/C23H34F4O/c1-2-3-15-4-6-16(7-5-15)17-8-10-18(11-9-17)19-12-20(24)23(21(25)13-19)28-14-22(26)27/h10,14-17,19-21,23H,2-9,11-13H2,1H3. The van der Waals surface area contributed by atoms with E-state index in [0.717, 1.165) is 31.1 Å². The molecule has 2 fully saturated rings. The maximum Gasteiger partial charge on any atom is 0.304 e. The van der Waals surface area contributed by atoms with Crippen LogP contribution in [0.3, 0.4) is 0 Å². The first-order valence-electron chi connectivity index (χ1n) is 11.1. The highest BCUT2D eigenvalue weighted by atomic mass is 19.3. The van der Waals surface area contributed by atoms with Crippen molar-refractivity contribution < 1.29 is 22.3 Å². The van der Waals surface area contributed by atoms with Crippen LogP contribution in [0.5, 0.6) is 0 Å². The summed E-state index contributed by atoms with van der Waals surface area (Å²) in [5.41, 5.74) is 1.17. The van der Waals surface area contributed by atoms with Gasteiger partial charge in [0.05, 0.1) is 0 Å². The molecule has 0 aromatic heterocycles. The van der Waals surface area contributed by atoms with Crippen molar-refractivity contribution in [2.24, 2.45) is 23.7 Å². The largest absolute Gasteiger partial charge is 0.486 e. The number of hydrogen-bond acceptors (Lipinski definition) is 1. The summed E-state index contributed by atoms with van der Waals surface area (Å²) < 4.78 is 57.6. The lowest BCUT2D eigenvalue weighted by atomic mass is 9.69. The lowest BCUT2D eigenvalue weighted by Gasteiger charge is -2.39. The van der Waals surface area contributed by atoms with E-state index in [9.17, 15) is 17.6 Å². The Morgan fingerprint density at radius 1 is 1.04 bits per heavy atom. The molecule has 3 aliphatic rings. The molecule has 0 heterocycles. The van der Waals surface area contributed by atoms with Gasteiger partial charge < -0.3 is 4.74 Å². The van der Waals surface area contributed by atoms with Gasteiger partial charge in [0.25, 0.3) is 0 Å². The predicted octanol–water partition coefficient (Wildman–Crippen LogP) is 7.53. The van der Waals surface area contributed by atoms with Gasteiger partial charge in [-0.25, -0.2) is 8.78 Å². The van der Waals surface area contributed by atoms with Gasteiger partial charge in [-0.15, -0.1) is 0 Å². The molecule has 3 rings (SSSR count). The summed E-state index contributed by atoms with van der Waals surface area (Å²) >= 11 is 0. The summed E-state index contributed by atoms with van der Waals surface area (Å²) in [7, 11) is 0. The number of ether oxygens (including phenoxy) is 1. The average Bonchev–Trinajstić information content (AvgIpc) is 2.68. The van der Waals surface area contributed by atoms with Crippen LogP contribution in [0, 0.1) is 23.7 Å². The zero-order valence-electron chi connectivity index (χ0n) is 16.9. The molecule has 160 valence electrons. The van der Waals surface area contributed by atoms with E-state index < -0.39 is 24.5 Å². The van der Waals surface area contributed by atoms with Crippen LogP contribution in [0.25, 0.3) is 0 Å². The molecule has 0 aliphatic heterocycles. The third-order valence-corrected chi connectivity index (χ3v) is 7.31. The van der Waals surface area contributed by atoms with E-state index in [2.05, 4.69) is 17.7 Å². The van der Waals surface area contributed by atoms with Crippen molar-refractivity contribution in [3.8, 4) is 0 Å². The Bertz CT molecular complexity index is 537. The Balaban J connectivity index is 1.49. The smallest absolute Gasteiger partial charge is 0.304 e. The molecule has 2 saturated carbocycles. The number of hydrogen-bond donors (Lipinski definition) is 0. The van der Waals surface area contributed by atoms with Gasteiger partial charge in [-0.05, 0) is 68.6 Å². The van der Waals surface area contributed by atoms with Crippen LogP contribution in [-0.2, 0) is 4.74 Å². The van der Waals surface area contributed by atoms with Crippen LogP contribution in [-0.4, -0.2) is 18.4 Å². The summed E-state index contributed by atoms with van der Waals surface area (Å²) in [4.78, 5) is 0. The Morgan fingerprint density at radius 3 is 2.25 bits per heavy atom. The van der Waals surface area contributed by atoms with Gasteiger partial charge in [-0.1, -0.05) is 44.3 Å². The van der Waals surface area contributed by atoms with E-state index in [1.165, 1.54) is 44.1 Å². The number of allylic oxidation sites excluding steroid dienone is 2. The van der Waals surface area contributed by atoms with Crippen molar-refractivity contribution >= 4 is 0 Å². The Hall–Kier alpha value is -1.00. The molecule has 0 bridgehead atoms. The maximum atomic E-state index is 14.4. The second kappa shape index (κ2) is 10.2. The van der Waals surface area contributed by atoms with E-state index in [4.69, 9.17) is 0 Å². The minimum atomic E-state index is -2.06. The molecule has 28 heavy (non-hydrogen) atoms. The van der Waals surface area contributed by atoms with Gasteiger partial charge in [0.15, 0.2) is 6.10 Å². The zero-order valence-corrected chi connectivity index (χ0v) is 16.9. The van der Waals surface area contributed by atoms with Crippen LogP contribution in [0.4, 0.5) is 17.6 Å². The number of halogens is 4. The number of rotatable bonds is 6. The third kappa shape index (κ3) is 5.54. The lowest BCUT2D eigenvalue weighted by Crippen LogP contribution is -2.42. The van der Waals surface area contributed by atoms with Gasteiger partial charge >= 0.3 is 6.08 Å². The van der Waals surface area contributed by atoms with Crippen LogP contribution in [0.15, 0.2) is 24.0 Å². The highest BCUT2D eigenvalue weighted by Gasteiger charge is 2.41. The Labute approximate surface area is 166 Å². The second-order valence-electron chi connectivity index (χ2n) is 9.09. The fourth-order valence-corrected chi connectivity index (χ4v) is 5.77. The molecule has 1 nitrogen and oxygen atoms in total. The van der Waals surface area contributed by atoms with Gasteiger partial charge in [0, 0.05) is 0 Å². The van der Waals surface area contributed by atoms with E-state index in [-0.39, 0.29) is 25.0 Å². The highest BCUT2D eigenvalue weighted by molar-refractivity contribution is 5.14. The third-order valence-electron chi connectivity index (χ3n) is 7.31. The van der Waals surface area contributed by atoms with Crippen molar-refractivity contribution in [1.29, 1.82) is 0 Å². The summed E-state index contributed by atoms with van der Waals surface area (Å²) in [6.07, 6.45) is 7.28. The van der Waals surface area contributed by atoms with E-state index in [1.54, 1.807) is 0 Å². The average molecular weight is 403 g/mol. The first kappa shape index (κ1) is 21.7. The van der Waals surface area contributed by atoms with E-state index >= 15 is 0 Å². The molecular weight excluding hydrogens is 368 g/mol. The van der Waals surface area contributed by atoms with Crippen LogP contribution in [0.1, 0.15) is 77.6 Å². The minimum absolute atomic E-state index is 0.120. The SMILES string of the molecule is CCCC1CCC(C2CC=C(C3CC(F)C(OC=C(F)F)C(F)C3)CC2)CC1. The molecule has 5 heteroatoms. The van der Waals surface area contributed by atoms with Crippen LogP contribution >= 0.6 is 0 Å². The molecular formula is C23H34F4O. The van der Waals surface area contributed by atoms with Gasteiger partial charge in [-0.2, -0.15) is 8.78 Å². The topological polar surface area (TPSA) is 9.23 Å². The van der Waals surface area contributed by atoms with Crippen molar-refractivity contribution in [1.82, 2.24) is 0 Å². The van der Waals surface area contributed by atoms with Gasteiger partial charge in [-0.3, -0.25) is 0 Å². The van der Waals surface area contributed by atoms with Crippen LogP contribution < -0.4 is 0 Å².